The van der Waals surface area contributed by atoms with Crippen LogP contribution in [0.4, 0.5) is 0 Å². The number of amides is 1. The Morgan fingerprint density at radius 3 is 2.72 bits per heavy atom. The smallest absolute Gasteiger partial charge is 0.239 e. The molecule has 2 N–H and O–H groups in total. The first-order valence-electron chi connectivity index (χ1n) is 6.61. The van der Waals surface area contributed by atoms with Crippen molar-refractivity contribution in [3.8, 4) is 0 Å². The van der Waals surface area contributed by atoms with Gasteiger partial charge in [-0.1, -0.05) is 18.2 Å². The highest BCUT2D eigenvalue weighted by molar-refractivity contribution is 5.85. The van der Waals surface area contributed by atoms with Crippen molar-refractivity contribution in [2.24, 2.45) is 0 Å². The molecule has 0 radical (unpaired) electrons. The molecule has 3 nitrogen and oxygen atoms in total. The van der Waals surface area contributed by atoms with Crippen molar-refractivity contribution >= 4 is 5.91 Å². The molecule has 1 aliphatic carbocycles. The average Bonchev–Trinajstić information content (AvgIpc) is 2.83. The van der Waals surface area contributed by atoms with Crippen molar-refractivity contribution in [2.75, 3.05) is 7.05 Å². The van der Waals surface area contributed by atoms with Gasteiger partial charge in [-0.2, -0.15) is 0 Å². The maximum absolute atomic E-state index is 11.9. The zero-order valence-electron chi connectivity index (χ0n) is 11.5. The van der Waals surface area contributed by atoms with E-state index in [0.29, 0.717) is 6.54 Å². The van der Waals surface area contributed by atoms with E-state index < -0.39 is 5.54 Å². The van der Waals surface area contributed by atoms with Crippen LogP contribution in [0.3, 0.4) is 0 Å². The second-order valence-electron chi connectivity index (χ2n) is 5.51. The molecular formula is C15H22N2O. The molecule has 3 heteroatoms. The van der Waals surface area contributed by atoms with E-state index in [1.54, 1.807) is 7.05 Å². The van der Waals surface area contributed by atoms with Crippen molar-refractivity contribution < 1.29 is 4.79 Å². The lowest BCUT2D eigenvalue weighted by molar-refractivity contribution is -0.126. The monoisotopic (exact) mass is 246 g/mol. The summed E-state index contributed by atoms with van der Waals surface area (Å²) >= 11 is 0. The Balaban J connectivity index is 1.97. The summed E-state index contributed by atoms with van der Waals surface area (Å²) in [7, 11) is 1.80. The lowest BCUT2D eigenvalue weighted by Crippen LogP contribution is -2.50. The van der Waals surface area contributed by atoms with Crippen LogP contribution in [0.1, 0.15) is 37.0 Å². The lowest BCUT2D eigenvalue weighted by Gasteiger charge is -2.22. The topological polar surface area (TPSA) is 41.1 Å². The quantitative estimate of drug-likeness (QED) is 0.850. The molecule has 0 saturated carbocycles. The normalized spacial score (nSPS) is 14.4. The minimum Gasteiger partial charge on any atom is -0.350 e. The van der Waals surface area contributed by atoms with Gasteiger partial charge in [0.2, 0.25) is 5.91 Å². The van der Waals surface area contributed by atoms with Gasteiger partial charge >= 0.3 is 0 Å². The number of carbonyl (C=O) groups excluding carboxylic acids is 1. The molecule has 1 amide bonds. The number of rotatable bonds is 4. The first-order chi connectivity index (χ1) is 8.53. The second kappa shape index (κ2) is 5.11. The fourth-order valence-corrected chi connectivity index (χ4v) is 2.25. The number of nitrogens with one attached hydrogen (secondary N) is 2. The largest absolute Gasteiger partial charge is 0.350 e. The van der Waals surface area contributed by atoms with Crippen molar-refractivity contribution in [1.82, 2.24) is 10.6 Å². The van der Waals surface area contributed by atoms with Crippen LogP contribution in [-0.2, 0) is 24.2 Å². The van der Waals surface area contributed by atoms with Gasteiger partial charge in [0.05, 0.1) is 5.54 Å². The Morgan fingerprint density at radius 2 is 2.00 bits per heavy atom. The fourth-order valence-electron chi connectivity index (χ4n) is 2.25. The van der Waals surface area contributed by atoms with Crippen LogP contribution < -0.4 is 10.6 Å². The van der Waals surface area contributed by atoms with E-state index in [2.05, 4.69) is 28.8 Å². The van der Waals surface area contributed by atoms with Crippen LogP contribution in [0.15, 0.2) is 18.2 Å². The first kappa shape index (κ1) is 13.1. The van der Waals surface area contributed by atoms with Gasteiger partial charge < -0.3 is 10.6 Å². The molecule has 0 unspecified atom stereocenters. The SMILES string of the molecule is CNC(C)(C)C(=O)NCc1ccc2c(c1)CCC2. The Kier molecular flexibility index (Phi) is 3.71. The van der Waals surface area contributed by atoms with E-state index in [-0.39, 0.29) is 5.91 Å². The lowest BCUT2D eigenvalue weighted by atomic mass is 10.0. The number of fused-ring (bicyclic) bond motifs is 1. The number of likely N-dealkylation sites (N-methyl/N-ethyl adjacent to an activating group) is 1. The van der Waals surface area contributed by atoms with E-state index in [1.807, 2.05) is 13.8 Å². The Bertz CT molecular complexity index is 452. The Labute approximate surface area is 109 Å². The number of carbonyl (C=O) groups is 1. The van der Waals surface area contributed by atoms with E-state index in [4.69, 9.17) is 0 Å². The van der Waals surface area contributed by atoms with E-state index >= 15 is 0 Å². The molecule has 1 aromatic carbocycles. The van der Waals surface area contributed by atoms with Crippen LogP contribution in [0.2, 0.25) is 0 Å². The van der Waals surface area contributed by atoms with Crippen LogP contribution in [0.5, 0.6) is 0 Å². The molecule has 1 aromatic rings. The predicted molar refractivity (Wildman–Crippen MR) is 73.5 cm³/mol. The number of benzene rings is 1. The summed E-state index contributed by atoms with van der Waals surface area (Å²) in [5, 5.41) is 5.99. The summed E-state index contributed by atoms with van der Waals surface area (Å²) in [6.07, 6.45) is 3.64. The Hall–Kier alpha value is -1.35. The van der Waals surface area contributed by atoms with Crippen LogP contribution in [0.25, 0.3) is 0 Å². The van der Waals surface area contributed by atoms with Gasteiger partial charge in [0.15, 0.2) is 0 Å². The van der Waals surface area contributed by atoms with E-state index in [1.165, 1.54) is 36.0 Å². The average molecular weight is 246 g/mol. The molecule has 0 saturated heterocycles. The maximum atomic E-state index is 11.9. The van der Waals surface area contributed by atoms with Crippen LogP contribution in [0, 0.1) is 0 Å². The molecule has 0 bridgehead atoms. The summed E-state index contributed by atoms with van der Waals surface area (Å²) in [5.74, 6) is 0.0329. The highest BCUT2D eigenvalue weighted by Crippen LogP contribution is 2.22. The minimum atomic E-state index is -0.517. The number of hydrogen-bond acceptors (Lipinski definition) is 2. The molecule has 1 aliphatic rings. The van der Waals surface area contributed by atoms with Crippen LogP contribution in [-0.4, -0.2) is 18.5 Å². The summed E-state index contributed by atoms with van der Waals surface area (Å²) in [4.78, 5) is 11.9. The van der Waals surface area contributed by atoms with Crippen molar-refractivity contribution in [2.45, 2.75) is 45.2 Å². The molecule has 0 aromatic heterocycles. The minimum absolute atomic E-state index is 0.0329. The zero-order valence-corrected chi connectivity index (χ0v) is 11.5. The van der Waals surface area contributed by atoms with Gasteiger partial charge in [-0.15, -0.1) is 0 Å². The molecule has 0 fully saturated rings. The van der Waals surface area contributed by atoms with Crippen molar-refractivity contribution in [1.29, 1.82) is 0 Å². The van der Waals surface area contributed by atoms with Gasteiger partial charge in [-0.25, -0.2) is 0 Å². The summed E-state index contributed by atoms with van der Waals surface area (Å²) in [6.45, 7) is 4.37. The fraction of sp³-hybridized carbons (Fsp3) is 0.533. The highest BCUT2D eigenvalue weighted by atomic mass is 16.2. The van der Waals surface area contributed by atoms with Gasteiger partial charge in [0.1, 0.15) is 0 Å². The molecule has 18 heavy (non-hydrogen) atoms. The Morgan fingerprint density at radius 1 is 1.28 bits per heavy atom. The first-order valence-corrected chi connectivity index (χ1v) is 6.61. The van der Waals surface area contributed by atoms with Gasteiger partial charge in [0.25, 0.3) is 0 Å². The van der Waals surface area contributed by atoms with Gasteiger partial charge in [-0.05, 0) is 56.8 Å². The van der Waals surface area contributed by atoms with Crippen LogP contribution >= 0.6 is 0 Å². The molecule has 0 atom stereocenters. The molecule has 2 rings (SSSR count). The third-order valence-electron chi connectivity index (χ3n) is 3.81. The van der Waals surface area contributed by atoms with E-state index in [9.17, 15) is 4.79 Å². The van der Waals surface area contributed by atoms with Crippen molar-refractivity contribution in [3.05, 3.63) is 34.9 Å². The molecule has 0 spiro atoms. The predicted octanol–water partition coefficient (Wildman–Crippen LogP) is 1.79. The number of hydrogen-bond donors (Lipinski definition) is 2. The maximum Gasteiger partial charge on any atom is 0.239 e. The standard InChI is InChI=1S/C15H22N2O/c1-15(2,16-3)14(18)17-10-11-7-8-12-5-4-6-13(12)9-11/h7-9,16H,4-6,10H2,1-3H3,(H,17,18). The van der Waals surface area contributed by atoms with Gasteiger partial charge in [0, 0.05) is 6.54 Å². The molecular weight excluding hydrogens is 224 g/mol. The third-order valence-corrected chi connectivity index (χ3v) is 3.81. The second-order valence-corrected chi connectivity index (χ2v) is 5.51. The van der Waals surface area contributed by atoms with Gasteiger partial charge in [-0.3, -0.25) is 4.79 Å². The zero-order chi connectivity index (χ0) is 13.2. The third kappa shape index (κ3) is 2.72. The van der Waals surface area contributed by atoms with E-state index in [0.717, 1.165) is 0 Å². The summed E-state index contributed by atoms with van der Waals surface area (Å²) in [5.41, 5.74) is 3.60. The summed E-state index contributed by atoms with van der Waals surface area (Å²) < 4.78 is 0. The van der Waals surface area contributed by atoms with Crippen molar-refractivity contribution in [3.63, 3.8) is 0 Å². The highest BCUT2D eigenvalue weighted by Gasteiger charge is 2.24. The number of aryl methyl sites for hydroxylation is 2. The summed E-state index contributed by atoms with van der Waals surface area (Å²) in [6, 6.07) is 6.55. The molecule has 0 heterocycles. The molecule has 98 valence electrons. The molecule has 0 aliphatic heterocycles.